The van der Waals surface area contributed by atoms with Crippen LogP contribution in [-0.2, 0) is 0 Å². The number of carbonyl (C=O) groups excluding carboxylic acids is 1. The molecule has 2 nitrogen and oxygen atoms in total. The van der Waals surface area contributed by atoms with Crippen molar-refractivity contribution in [3.8, 4) is 0 Å². The van der Waals surface area contributed by atoms with Crippen molar-refractivity contribution in [2.75, 3.05) is 0 Å². The van der Waals surface area contributed by atoms with E-state index in [1.54, 1.807) is 0 Å². The molecule has 1 unspecified atom stereocenters. The Bertz CT molecular complexity index is 421. The third-order valence-corrected chi connectivity index (χ3v) is 3.44. The minimum atomic E-state index is 0.0341. The normalized spacial score (nSPS) is 12.6. The first-order valence-electron chi connectivity index (χ1n) is 6.21. The van der Waals surface area contributed by atoms with Crippen molar-refractivity contribution in [3.63, 3.8) is 0 Å². The van der Waals surface area contributed by atoms with E-state index in [2.05, 4.69) is 32.2 Å². The van der Waals surface area contributed by atoms with Crippen molar-refractivity contribution in [3.05, 3.63) is 34.4 Å². The van der Waals surface area contributed by atoms with Gasteiger partial charge in [0.2, 0.25) is 0 Å². The molecular formula is C15H23NO. The lowest BCUT2D eigenvalue weighted by atomic mass is 9.99. The van der Waals surface area contributed by atoms with E-state index in [9.17, 15) is 4.79 Å². The number of nitrogens with one attached hydrogen (secondary N) is 1. The first kappa shape index (κ1) is 13.8. The lowest BCUT2D eigenvalue weighted by Gasteiger charge is -2.18. The number of hydrogen-bond acceptors (Lipinski definition) is 1. The lowest BCUT2D eigenvalue weighted by molar-refractivity contribution is 0.0930. The van der Waals surface area contributed by atoms with Gasteiger partial charge in [0.25, 0.3) is 5.91 Å². The fraction of sp³-hybridized carbons (Fsp3) is 0.533. The summed E-state index contributed by atoms with van der Waals surface area (Å²) in [7, 11) is 0. The van der Waals surface area contributed by atoms with Crippen molar-refractivity contribution in [1.29, 1.82) is 0 Å². The summed E-state index contributed by atoms with van der Waals surface area (Å²) in [5, 5.41) is 3.04. The van der Waals surface area contributed by atoms with Crippen LogP contribution in [-0.4, -0.2) is 11.9 Å². The van der Waals surface area contributed by atoms with Crippen LogP contribution in [0.25, 0.3) is 0 Å². The number of hydrogen-bond donors (Lipinski definition) is 1. The Labute approximate surface area is 104 Å². The molecule has 0 fully saturated rings. The summed E-state index contributed by atoms with van der Waals surface area (Å²) in [5.74, 6) is 0.484. The summed E-state index contributed by atoms with van der Waals surface area (Å²) in [6.07, 6.45) is 0. The van der Waals surface area contributed by atoms with Crippen LogP contribution in [0.3, 0.4) is 0 Å². The van der Waals surface area contributed by atoms with Crippen molar-refractivity contribution < 1.29 is 4.79 Å². The third kappa shape index (κ3) is 3.32. The van der Waals surface area contributed by atoms with Gasteiger partial charge in [0, 0.05) is 11.6 Å². The van der Waals surface area contributed by atoms with Crippen LogP contribution in [0.1, 0.15) is 47.8 Å². The first-order valence-corrected chi connectivity index (χ1v) is 6.21. The standard InChI is InChI=1S/C15H23NO/c1-9(2)13(6)16-15(17)14-8-11(4)10(3)7-12(14)5/h7-9,13H,1-6H3,(H,16,17). The minimum absolute atomic E-state index is 0.0341. The van der Waals surface area contributed by atoms with E-state index in [0.29, 0.717) is 5.92 Å². The molecule has 0 radical (unpaired) electrons. The summed E-state index contributed by atoms with van der Waals surface area (Å²) >= 11 is 0. The van der Waals surface area contributed by atoms with E-state index in [0.717, 1.165) is 16.7 Å². The Morgan fingerprint density at radius 1 is 1.00 bits per heavy atom. The molecule has 0 bridgehead atoms. The van der Waals surface area contributed by atoms with Crippen molar-refractivity contribution >= 4 is 5.91 Å². The van der Waals surface area contributed by atoms with Gasteiger partial charge in [-0.2, -0.15) is 0 Å². The quantitative estimate of drug-likeness (QED) is 0.852. The second-order valence-corrected chi connectivity index (χ2v) is 5.26. The molecule has 0 aliphatic carbocycles. The Kier molecular flexibility index (Phi) is 4.33. The van der Waals surface area contributed by atoms with E-state index in [-0.39, 0.29) is 11.9 Å². The Hall–Kier alpha value is -1.31. The lowest BCUT2D eigenvalue weighted by Crippen LogP contribution is -2.36. The fourth-order valence-corrected chi connectivity index (χ4v) is 1.66. The zero-order valence-corrected chi connectivity index (χ0v) is 11.7. The van der Waals surface area contributed by atoms with Gasteiger partial charge in [0.05, 0.1) is 0 Å². The molecule has 0 aliphatic heterocycles. The van der Waals surface area contributed by atoms with Crippen LogP contribution in [0.15, 0.2) is 12.1 Å². The van der Waals surface area contributed by atoms with Crippen LogP contribution in [0, 0.1) is 26.7 Å². The summed E-state index contributed by atoms with van der Waals surface area (Å²) < 4.78 is 0. The molecule has 1 amide bonds. The molecule has 94 valence electrons. The summed E-state index contributed by atoms with van der Waals surface area (Å²) in [6.45, 7) is 12.4. The molecule has 1 rings (SSSR count). The largest absolute Gasteiger partial charge is 0.349 e. The molecular weight excluding hydrogens is 210 g/mol. The maximum Gasteiger partial charge on any atom is 0.251 e. The van der Waals surface area contributed by atoms with E-state index in [1.807, 2.05) is 26.8 Å². The van der Waals surface area contributed by atoms with E-state index >= 15 is 0 Å². The summed E-state index contributed by atoms with van der Waals surface area (Å²) in [5.41, 5.74) is 4.23. The average Bonchev–Trinajstić information content (AvgIpc) is 2.22. The van der Waals surface area contributed by atoms with Gasteiger partial charge < -0.3 is 5.32 Å². The highest BCUT2D eigenvalue weighted by Crippen LogP contribution is 2.15. The molecule has 2 heteroatoms. The molecule has 0 spiro atoms. The predicted molar refractivity (Wildman–Crippen MR) is 72.4 cm³/mol. The highest BCUT2D eigenvalue weighted by Gasteiger charge is 2.14. The summed E-state index contributed by atoms with van der Waals surface area (Å²) in [6, 6.07) is 4.25. The van der Waals surface area contributed by atoms with Gasteiger partial charge in [0.15, 0.2) is 0 Å². The Morgan fingerprint density at radius 3 is 2.06 bits per heavy atom. The first-order chi connectivity index (χ1) is 7.82. The van der Waals surface area contributed by atoms with Crippen LogP contribution in [0.2, 0.25) is 0 Å². The van der Waals surface area contributed by atoms with Gasteiger partial charge in [-0.1, -0.05) is 19.9 Å². The van der Waals surface area contributed by atoms with E-state index in [1.165, 1.54) is 5.56 Å². The number of benzene rings is 1. The van der Waals surface area contributed by atoms with Crippen LogP contribution in [0.4, 0.5) is 0 Å². The summed E-state index contributed by atoms with van der Waals surface area (Å²) in [4.78, 5) is 12.1. The molecule has 0 saturated carbocycles. The number of rotatable bonds is 3. The predicted octanol–water partition coefficient (Wildman–Crippen LogP) is 3.39. The smallest absolute Gasteiger partial charge is 0.251 e. The van der Waals surface area contributed by atoms with Gasteiger partial charge in [0.1, 0.15) is 0 Å². The van der Waals surface area contributed by atoms with Crippen molar-refractivity contribution in [1.82, 2.24) is 5.32 Å². The van der Waals surface area contributed by atoms with Gasteiger partial charge in [-0.05, 0) is 56.4 Å². The molecule has 0 aromatic heterocycles. The van der Waals surface area contributed by atoms with E-state index in [4.69, 9.17) is 0 Å². The minimum Gasteiger partial charge on any atom is -0.349 e. The van der Waals surface area contributed by atoms with Crippen LogP contribution >= 0.6 is 0 Å². The third-order valence-electron chi connectivity index (χ3n) is 3.44. The fourth-order valence-electron chi connectivity index (χ4n) is 1.66. The maximum absolute atomic E-state index is 12.1. The van der Waals surface area contributed by atoms with Crippen molar-refractivity contribution in [2.24, 2.45) is 5.92 Å². The number of amides is 1. The van der Waals surface area contributed by atoms with E-state index < -0.39 is 0 Å². The van der Waals surface area contributed by atoms with Gasteiger partial charge >= 0.3 is 0 Å². The molecule has 0 heterocycles. The highest BCUT2D eigenvalue weighted by molar-refractivity contribution is 5.96. The second-order valence-electron chi connectivity index (χ2n) is 5.26. The van der Waals surface area contributed by atoms with Crippen LogP contribution < -0.4 is 5.32 Å². The SMILES string of the molecule is Cc1cc(C)c(C(=O)NC(C)C(C)C)cc1C. The number of aryl methyl sites for hydroxylation is 3. The zero-order chi connectivity index (χ0) is 13.2. The molecule has 0 aliphatic rings. The van der Waals surface area contributed by atoms with Crippen LogP contribution in [0.5, 0.6) is 0 Å². The topological polar surface area (TPSA) is 29.1 Å². The molecule has 0 saturated heterocycles. The maximum atomic E-state index is 12.1. The Balaban J connectivity index is 2.93. The average molecular weight is 233 g/mol. The van der Waals surface area contributed by atoms with Crippen molar-refractivity contribution in [2.45, 2.75) is 47.6 Å². The zero-order valence-electron chi connectivity index (χ0n) is 11.7. The highest BCUT2D eigenvalue weighted by atomic mass is 16.1. The molecule has 17 heavy (non-hydrogen) atoms. The van der Waals surface area contributed by atoms with Gasteiger partial charge in [-0.25, -0.2) is 0 Å². The number of carbonyl (C=O) groups is 1. The Morgan fingerprint density at radius 2 is 1.53 bits per heavy atom. The molecule has 1 N–H and O–H groups in total. The van der Waals surface area contributed by atoms with Gasteiger partial charge in [-0.15, -0.1) is 0 Å². The monoisotopic (exact) mass is 233 g/mol. The van der Waals surface area contributed by atoms with Gasteiger partial charge in [-0.3, -0.25) is 4.79 Å². The molecule has 1 aromatic carbocycles. The molecule has 1 aromatic rings. The molecule has 1 atom stereocenters. The second kappa shape index (κ2) is 5.35.